The maximum Gasteiger partial charge on any atom is 0.0446 e. The van der Waals surface area contributed by atoms with Gasteiger partial charge in [-0.1, -0.05) is 47.5 Å². The van der Waals surface area contributed by atoms with Crippen LogP contribution < -0.4 is 5.32 Å². The van der Waals surface area contributed by atoms with Crippen molar-refractivity contribution in [2.75, 3.05) is 6.61 Å². The normalized spacial score (nSPS) is 26.7. The molecule has 2 nitrogen and oxygen atoms in total. The molecule has 1 fully saturated rings. The number of hydrogen-bond acceptors (Lipinski definition) is 2. The van der Waals surface area contributed by atoms with E-state index < -0.39 is 0 Å². The highest BCUT2D eigenvalue weighted by Gasteiger charge is 2.29. The maximum absolute atomic E-state index is 9.26. The third kappa shape index (κ3) is 6.27. The van der Waals surface area contributed by atoms with Crippen LogP contribution in [0.25, 0.3) is 0 Å². The van der Waals surface area contributed by atoms with Gasteiger partial charge < -0.3 is 10.4 Å². The molecule has 1 saturated carbocycles. The second-order valence-electron chi connectivity index (χ2n) is 7.96. The molecule has 2 N–H and O–H groups in total. The van der Waals surface area contributed by atoms with Gasteiger partial charge in [0.25, 0.3) is 0 Å². The lowest BCUT2D eigenvalue weighted by molar-refractivity contribution is 0.160. The standard InChI is InChI=1S/C17H35NO/c1-13(2)11-14-7-6-8-15(12-14)18-16(9-10-19)17(3,4)5/h13-16,18-19H,6-12H2,1-5H3. The minimum Gasteiger partial charge on any atom is -0.396 e. The molecule has 0 amide bonds. The highest BCUT2D eigenvalue weighted by molar-refractivity contribution is 4.86. The van der Waals surface area contributed by atoms with E-state index in [-0.39, 0.29) is 12.0 Å². The SMILES string of the molecule is CC(C)CC1CCCC(NC(CCO)C(C)(C)C)C1. The van der Waals surface area contributed by atoms with Gasteiger partial charge in [0.1, 0.15) is 0 Å². The molecule has 0 saturated heterocycles. The van der Waals surface area contributed by atoms with Crippen LogP contribution in [0.1, 0.15) is 73.1 Å². The van der Waals surface area contributed by atoms with Gasteiger partial charge in [-0.15, -0.1) is 0 Å². The van der Waals surface area contributed by atoms with Crippen molar-refractivity contribution in [3.8, 4) is 0 Å². The molecular weight excluding hydrogens is 234 g/mol. The van der Waals surface area contributed by atoms with Gasteiger partial charge in [0.15, 0.2) is 0 Å². The third-order valence-electron chi connectivity index (χ3n) is 4.49. The minimum absolute atomic E-state index is 0.230. The van der Waals surface area contributed by atoms with Crippen LogP contribution >= 0.6 is 0 Å². The van der Waals surface area contributed by atoms with Crippen LogP contribution in [0.4, 0.5) is 0 Å². The first kappa shape index (κ1) is 17.0. The van der Waals surface area contributed by atoms with E-state index in [2.05, 4.69) is 39.9 Å². The summed E-state index contributed by atoms with van der Waals surface area (Å²) in [6.07, 6.45) is 7.66. The van der Waals surface area contributed by atoms with Crippen molar-refractivity contribution in [1.29, 1.82) is 0 Å². The summed E-state index contributed by atoms with van der Waals surface area (Å²) in [6.45, 7) is 11.8. The Balaban J connectivity index is 2.49. The molecule has 0 aromatic rings. The number of aliphatic hydroxyl groups excluding tert-OH is 1. The van der Waals surface area contributed by atoms with Crippen LogP contribution in [0.5, 0.6) is 0 Å². The maximum atomic E-state index is 9.26. The molecule has 19 heavy (non-hydrogen) atoms. The van der Waals surface area contributed by atoms with Crippen molar-refractivity contribution >= 4 is 0 Å². The minimum atomic E-state index is 0.230. The first-order chi connectivity index (χ1) is 8.82. The van der Waals surface area contributed by atoms with Gasteiger partial charge >= 0.3 is 0 Å². The molecule has 1 aliphatic rings. The summed E-state index contributed by atoms with van der Waals surface area (Å²) in [4.78, 5) is 0. The summed E-state index contributed by atoms with van der Waals surface area (Å²) < 4.78 is 0. The largest absolute Gasteiger partial charge is 0.396 e. The zero-order valence-corrected chi connectivity index (χ0v) is 13.7. The van der Waals surface area contributed by atoms with Gasteiger partial charge in [-0.05, 0) is 42.9 Å². The van der Waals surface area contributed by atoms with E-state index in [1.54, 1.807) is 0 Å². The third-order valence-corrected chi connectivity index (χ3v) is 4.49. The first-order valence-electron chi connectivity index (χ1n) is 8.19. The fraction of sp³-hybridized carbons (Fsp3) is 1.00. The van der Waals surface area contributed by atoms with Gasteiger partial charge in [-0.25, -0.2) is 0 Å². The van der Waals surface area contributed by atoms with Crippen molar-refractivity contribution in [2.45, 2.75) is 85.2 Å². The van der Waals surface area contributed by atoms with E-state index in [0.29, 0.717) is 12.1 Å². The zero-order chi connectivity index (χ0) is 14.5. The van der Waals surface area contributed by atoms with E-state index in [4.69, 9.17) is 0 Å². The number of nitrogens with one attached hydrogen (secondary N) is 1. The Morgan fingerprint density at radius 2 is 1.89 bits per heavy atom. The van der Waals surface area contributed by atoms with E-state index in [9.17, 15) is 5.11 Å². The molecule has 0 aromatic carbocycles. The van der Waals surface area contributed by atoms with Crippen LogP contribution in [0, 0.1) is 17.3 Å². The highest BCUT2D eigenvalue weighted by atomic mass is 16.3. The van der Waals surface area contributed by atoms with Crippen molar-refractivity contribution in [1.82, 2.24) is 5.32 Å². The molecule has 0 aromatic heterocycles. The van der Waals surface area contributed by atoms with Crippen molar-refractivity contribution in [3.63, 3.8) is 0 Å². The molecule has 0 radical (unpaired) electrons. The molecule has 0 spiro atoms. The van der Waals surface area contributed by atoms with E-state index >= 15 is 0 Å². The molecule has 2 heteroatoms. The van der Waals surface area contributed by atoms with Crippen LogP contribution in [-0.4, -0.2) is 23.8 Å². The van der Waals surface area contributed by atoms with Crippen LogP contribution in [0.15, 0.2) is 0 Å². The molecule has 1 aliphatic carbocycles. The Bertz CT molecular complexity index is 244. The summed E-state index contributed by atoms with van der Waals surface area (Å²) in [5.74, 6) is 1.72. The van der Waals surface area contributed by atoms with Crippen molar-refractivity contribution < 1.29 is 5.11 Å². The summed E-state index contributed by atoms with van der Waals surface area (Å²) in [6, 6.07) is 1.09. The van der Waals surface area contributed by atoms with Crippen LogP contribution in [0.3, 0.4) is 0 Å². The van der Waals surface area contributed by atoms with E-state index in [1.807, 2.05) is 0 Å². The smallest absolute Gasteiger partial charge is 0.0446 e. The summed E-state index contributed by atoms with van der Waals surface area (Å²) in [7, 11) is 0. The fourth-order valence-corrected chi connectivity index (χ4v) is 3.50. The zero-order valence-electron chi connectivity index (χ0n) is 13.7. The lowest BCUT2D eigenvalue weighted by Gasteiger charge is -2.38. The monoisotopic (exact) mass is 269 g/mol. The lowest BCUT2D eigenvalue weighted by Crippen LogP contribution is -2.48. The average molecular weight is 269 g/mol. The molecule has 0 aliphatic heterocycles. The lowest BCUT2D eigenvalue weighted by atomic mass is 9.79. The number of rotatable bonds is 6. The molecule has 114 valence electrons. The summed E-state index contributed by atoms with van der Waals surface area (Å²) in [5, 5.41) is 13.1. The summed E-state index contributed by atoms with van der Waals surface area (Å²) in [5.41, 5.74) is 0.230. The van der Waals surface area contributed by atoms with Crippen LogP contribution in [0.2, 0.25) is 0 Å². The molecular formula is C17H35NO. The Hall–Kier alpha value is -0.0800. The van der Waals surface area contributed by atoms with Gasteiger partial charge in [0, 0.05) is 18.7 Å². The van der Waals surface area contributed by atoms with Gasteiger partial charge in [-0.3, -0.25) is 0 Å². The Labute approximate surface area is 120 Å². The predicted octanol–water partition coefficient (Wildman–Crippen LogP) is 3.98. The predicted molar refractivity (Wildman–Crippen MR) is 83.3 cm³/mol. The first-order valence-corrected chi connectivity index (χ1v) is 8.19. The second kappa shape index (κ2) is 7.64. The summed E-state index contributed by atoms with van der Waals surface area (Å²) >= 11 is 0. The van der Waals surface area contributed by atoms with Crippen molar-refractivity contribution in [3.05, 3.63) is 0 Å². The highest BCUT2D eigenvalue weighted by Crippen LogP contribution is 2.31. The number of aliphatic hydroxyl groups is 1. The van der Waals surface area contributed by atoms with Crippen molar-refractivity contribution in [2.24, 2.45) is 17.3 Å². The van der Waals surface area contributed by atoms with E-state index in [0.717, 1.165) is 18.3 Å². The fourth-order valence-electron chi connectivity index (χ4n) is 3.50. The molecule has 1 rings (SSSR count). The molecule has 0 heterocycles. The topological polar surface area (TPSA) is 32.3 Å². The molecule has 0 bridgehead atoms. The molecule has 3 atom stereocenters. The average Bonchev–Trinajstić information content (AvgIpc) is 2.26. The Morgan fingerprint density at radius 3 is 2.42 bits per heavy atom. The van der Waals surface area contributed by atoms with E-state index in [1.165, 1.54) is 32.1 Å². The Morgan fingerprint density at radius 1 is 1.21 bits per heavy atom. The van der Waals surface area contributed by atoms with Gasteiger partial charge in [-0.2, -0.15) is 0 Å². The number of hydrogen-bond donors (Lipinski definition) is 2. The molecule has 3 unspecified atom stereocenters. The quantitative estimate of drug-likeness (QED) is 0.764. The van der Waals surface area contributed by atoms with Crippen LogP contribution in [-0.2, 0) is 0 Å². The Kier molecular flexibility index (Phi) is 6.82. The van der Waals surface area contributed by atoms with Gasteiger partial charge in [0.2, 0.25) is 0 Å². The second-order valence-corrected chi connectivity index (χ2v) is 7.96. The van der Waals surface area contributed by atoms with Gasteiger partial charge in [0.05, 0.1) is 0 Å².